The highest BCUT2D eigenvalue weighted by molar-refractivity contribution is 5.96. The van der Waals surface area contributed by atoms with E-state index in [-0.39, 0.29) is 5.91 Å². The number of benzene rings is 1. The molecular weight excluding hydrogens is 246 g/mol. The summed E-state index contributed by atoms with van der Waals surface area (Å²) in [4.78, 5) is 12.6. The Labute approximate surface area is 121 Å². The van der Waals surface area contributed by atoms with Gasteiger partial charge in [-0.15, -0.1) is 0 Å². The van der Waals surface area contributed by atoms with Gasteiger partial charge in [-0.1, -0.05) is 17.7 Å². The molecule has 4 rings (SSSR count). The standard InChI is InChI=1S/C18H23NO/c1-9-6-10(2)17(11(3)7-9)19-18(20)16-14-12-4-5-13(8-12)15(14)16/h6-7,12-16H,4-5,8H2,1-3H3,(H,19,20)/t12-,13-,14-,15-/m0/s1. The van der Waals surface area contributed by atoms with Crippen molar-refractivity contribution in [2.45, 2.75) is 40.0 Å². The van der Waals surface area contributed by atoms with Gasteiger partial charge in [0.25, 0.3) is 0 Å². The Hall–Kier alpha value is -1.31. The summed E-state index contributed by atoms with van der Waals surface area (Å²) >= 11 is 0. The molecule has 2 nitrogen and oxygen atoms in total. The molecule has 0 aliphatic heterocycles. The van der Waals surface area contributed by atoms with Crippen molar-refractivity contribution in [2.24, 2.45) is 29.6 Å². The molecule has 3 saturated carbocycles. The van der Waals surface area contributed by atoms with Crippen molar-refractivity contribution in [3.8, 4) is 0 Å². The van der Waals surface area contributed by atoms with E-state index in [4.69, 9.17) is 0 Å². The Bertz CT molecular complexity index is 552. The van der Waals surface area contributed by atoms with Crippen molar-refractivity contribution in [3.63, 3.8) is 0 Å². The van der Waals surface area contributed by atoms with E-state index >= 15 is 0 Å². The van der Waals surface area contributed by atoms with Gasteiger partial charge in [0.05, 0.1) is 0 Å². The number of nitrogens with one attached hydrogen (secondary N) is 1. The molecular formula is C18H23NO. The number of fused-ring (bicyclic) bond motifs is 5. The summed E-state index contributed by atoms with van der Waals surface area (Å²) in [6, 6.07) is 4.31. The first kappa shape index (κ1) is 12.4. The van der Waals surface area contributed by atoms with Gasteiger partial charge >= 0.3 is 0 Å². The summed E-state index contributed by atoms with van der Waals surface area (Å²) in [5, 5.41) is 3.23. The van der Waals surface area contributed by atoms with Crippen LogP contribution in [0.3, 0.4) is 0 Å². The van der Waals surface area contributed by atoms with Gasteiger partial charge in [0.1, 0.15) is 0 Å². The van der Waals surface area contributed by atoms with Crippen LogP contribution < -0.4 is 5.32 Å². The Kier molecular flexibility index (Phi) is 2.55. The van der Waals surface area contributed by atoms with Crippen molar-refractivity contribution < 1.29 is 4.79 Å². The van der Waals surface area contributed by atoms with E-state index < -0.39 is 0 Å². The van der Waals surface area contributed by atoms with Crippen LogP contribution in [0.25, 0.3) is 0 Å². The minimum Gasteiger partial charge on any atom is -0.325 e. The lowest BCUT2D eigenvalue weighted by Gasteiger charge is -2.14. The molecule has 2 heteroatoms. The zero-order valence-electron chi connectivity index (χ0n) is 12.6. The molecule has 0 spiro atoms. The molecule has 0 heterocycles. The quantitative estimate of drug-likeness (QED) is 0.868. The van der Waals surface area contributed by atoms with E-state index in [0.717, 1.165) is 29.4 Å². The van der Waals surface area contributed by atoms with E-state index in [0.29, 0.717) is 5.92 Å². The van der Waals surface area contributed by atoms with Gasteiger partial charge in [-0.2, -0.15) is 0 Å². The molecule has 0 saturated heterocycles. The van der Waals surface area contributed by atoms with Gasteiger partial charge in [0.2, 0.25) is 5.91 Å². The molecule has 3 fully saturated rings. The topological polar surface area (TPSA) is 29.1 Å². The second kappa shape index (κ2) is 4.09. The van der Waals surface area contributed by atoms with Gasteiger partial charge < -0.3 is 5.32 Å². The summed E-state index contributed by atoms with van der Waals surface area (Å²) in [5.74, 6) is 3.77. The van der Waals surface area contributed by atoms with Crippen LogP contribution in [0.2, 0.25) is 0 Å². The van der Waals surface area contributed by atoms with Crippen molar-refractivity contribution in [3.05, 3.63) is 28.8 Å². The van der Waals surface area contributed by atoms with Gasteiger partial charge in [-0.05, 0) is 74.8 Å². The van der Waals surface area contributed by atoms with Gasteiger partial charge in [0.15, 0.2) is 0 Å². The van der Waals surface area contributed by atoms with Crippen molar-refractivity contribution in [1.82, 2.24) is 0 Å². The first-order chi connectivity index (χ1) is 9.56. The molecule has 3 aliphatic rings. The molecule has 0 unspecified atom stereocenters. The molecule has 4 atom stereocenters. The molecule has 1 aromatic carbocycles. The summed E-state index contributed by atoms with van der Waals surface area (Å²) in [7, 11) is 0. The third kappa shape index (κ3) is 1.66. The number of anilines is 1. The van der Waals surface area contributed by atoms with Crippen LogP contribution in [0, 0.1) is 50.4 Å². The van der Waals surface area contributed by atoms with Crippen LogP contribution in [0.15, 0.2) is 12.1 Å². The monoisotopic (exact) mass is 269 g/mol. The second-order valence-electron chi connectivity index (χ2n) is 7.28. The molecule has 20 heavy (non-hydrogen) atoms. The smallest absolute Gasteiger partial charge is 0.228 e. The Morgan fingerprint density at radius 2 is 1.60 bits per heavy atom. The predicted octanol–water partition coefficient (Wildman–Crippen LogP) is 3.84. The largest absolute Gasteiger partial charge is 0.325 e. The minimum absolute atomic E-state index is 0.284. The SMILES string of the molecule is Cc1cc(C)c(NC(=O)C2[C@H]3[C@H]4CC[C@@H](C4)[C@H]23)c(C)c1. The number of carbonyl (C=O) groups is 1. The van der Waals surface area contributed by atoms with Crippen molar-refractivity contribution in [1.29, 1.82) is 0 Å². The maximum Gasteiger partial charge on any atom is 0.228 e. The van der Waals surface area contributed by atoms with Gasteiger partial charge in [-0.3, -0.25) is 4.79 Å². The summed E-state index contributed by atoms with van der Waals surface area (Å²) in [6.07, 6.45) is 4.15. The van der Waals surface area contributed by atoms with Gasteiger partial charge in [-0.25, -0.2) is 0 Å². The number of aryl methyl sites for hydroxylation is 3. The third-order valence-electron chi connectivity index (χ3n) is 5.96. The molecule has 1 aromatic rings. The average Bonchev–Trinajstić information content (AvgIpc) is 2.82. The fourth-order valence-corrected chi connectivity index (χ4v) is 5.26. The highest BCUT2D eigenvalue weighted by Crippen LogP contribution is 2.69. The van der Waals surface area contributed by atoms with Crippen molar-refractivity contribution >= 4 is 11.6 Å². The van der Waals surface area contributed by atoms with E-state index in [9.17, 15) is 4.79 Å². The lowest BCUT2D eigenvalue weighted by molar-refractivity contribution is -0.118. The normalized spacial score (nSPS) is 36.9. The Morgan fingerprint density at radius 3 is 2.15 bits per heavy atom. The Balaban J connectivity index is 1.52. The number of amides is 1. The lowest BCUT2D eigenvalue weighted by atomic mass is 10.0. The van der Waals surface area contributed by atoms with Crippen LogP contribution in [0.5, 0.6) is 0 Å². The predicted molar refractivity (Wildman–Crippen MR) is 80.6 cm³/mol. The first-order valence-corrected chi connectivity index (χ1v) is 7.95. The first-order valence-electron chi connectivity index (χ1n) is 7.95. The summed E-state index contributed by atoms with van der Waals surface area (Å²) < 4.78 is 0. The highest BCUT2D eigenvalue weighted by Gasteiger charge is 2.67. The molecule has 1 amide bonds. The maximum atomic E-state index is 12.6. The van der Waals surface area contributed by atoms with Crippen LogP contribution in [-0.2, 0) is 4.79 Å². The number of hydrogen-bond donors (Lipinski definition) is 1. The minimum atomic E-state index is 0.284. The molecule has 1 N–H and O–H groups in total. The summed E-state index contributed by atoms with van der Waals surface area (Å²) in [6.45, 7) is 6.29. The zero-order valence-corrected chi connectivity index (χ0v) is 12.6. The highest BCUT2D eigenvalue weighted by atomic mass is 16.2. The van der Waals surface area contributed by atoms with Crippen LogP contribution in [0.1, 0.15) is 36.0 Å². The molecule has 0 radical (unpaired) electrons. The van der Waals surface area contributed by atoms with E-state index in [1.165, 1.54) is 36.0 Å². The van der Waals surface area contributed by atoms with E-state index in [2.05, 4.69) is 38.2 Å². The van der Waals surface area contributed by atoms with E-state index in [1.807, 2.05) is 0 Å². The number of hydrogen-bond acceptors (Lipinski definition) is 1. The zero-order chi connectivity index (χ0) is 14.0. The second-order valence-corrected chi connectivity index (χ2v) is 7.28. The number of carbonyl (C=O) groups excluding carboxylic acids is 1. The van der Waals surface area contributed by atoms with Crippen LogP contribution in [0.4, 0.5) is 5.69 Å². The fourth-order valence-electron chi connectivity index (χ4n) is 5.26. The molecule has 2 bridgehead atoms. The van der Waals surface area contributed by atoms with Crippen LogP contribution in [-0.4, -0.2) is 5.91 Å². The third-order valence-corrected chi connectivity index (χ3v) is 5.96. The fraction of sp³-hybridized carbons (Fsp3) is 0.611. The molecule has 0 aromatic heterocycles. The Morgan fingerprint density at radius 1 is 1.05 bits per heavy atom. The van der Waals surface area contributed by atoms with E-state index in [1.54, 1.807) is 0 Å². The van der Waals surface area contributed by atoms with Crippen LogP contribution >= 0.6 is 0 Å². The molecule has 106 valence electrons. The number of rotatable bonds is 2. The lowest BCUT2D eigenvalue weighted by Crippen LogP contribution is -2.19. The average molecular weight is 269 g/mol. The van der Waals surface area contributed by atoms with Crippen molar-refractivity contribution in [2.75, 3.05) is 5.32 Å². The summed E-state index contributed by atoms with van der Waals surface area (Å²) in [5.41, 5.74) is 4.67. The molecule has 3 aliphatic carbocycles. The maximum absolute atomic E-state index is 12.6. The van der Waals surface area contributed by atoms with Gasteiger partial charge in [0, 0.05) is 11.6 Å².